The Morgan fingerprint density at radius 3 is 2.57 bits per heavy atom. The van der Waals surface area contributed by atoms with Gasteiger partial charge < -0.3 is 9.67 Å². The van der Waals surface area contributed by atoms with Gasteiger partial charge in [-0.2, -0.15) is 0 Å². The Bertz CT molecular complexity index is 1270. The van der Waals surface area contributed by atoms with Gasteiger partial charge in [-0.15, -0.1) is 0 Å². The van der Waals surface area contributed by atoms with E-state index in [1.807, 2.05) is 43.5 Å². The summed E-state index contributed by atoms with van der Waals surface area (Å²) in [6.45, 7) is 4.69. The first-order valence-corrected chi connectivity index (χ1v) is 10.3. The van der Waals surface area contributed by atoms with E-state index < -0.39 is 5.97 Å². The average molecular weight is 397 g/mol. The monoisotopic (exact) mass is 397 g/mol. The molecule has 0 aliphatic heterocycles. The van der Waals surface area contributed by atoms with Crippen molar-refractivity contribution in [1.82, 2.24) is 14.5 Å². The van der Waals surface area contributed by atoms with E-state index in [-0.39, 0.29) is 0 Å². The number of aromatic carboxylic acids is 1. The van der Waals surface area contributed by atoms with E-state index in [1.165, 1.54) is 12.8 Å². The number of hydrogen-bond acceptors (Lipinski definition) is 3. The average Bonchev–Trinajstić information content (AvgIpc) is 3.51. The summed E-state index contributed by atoms with van der Waals surface area (Å²) in [5.41, 5.74) is 7.14. The molecule has 0 saturated heterocycles. The lowest BCUT2D eigenvalue weighted by Crippen LogP contribution is -2.05. The van der Waals surface area contributed by atoms with Crippen molar-refractivity contribution < 1.29 is 9.90 Å². The molecule has 0 bridgehead atoms. The minimum absolute atomic E-state index is 0.332. The Morgan fingerprint density at radius 1 is 1.10 bits per heavy atom. The molecule has 30 heavy (non-hydrogen) atoms. The third-order valence-corrected chi connectivity index (χ3v) is 5.82. The number of carboxylic acids is 1. The molecule has 4 aromatic rings. The Labute approximate surface area is 175 Å². The molecule has 0 unspecified atom stereocenters. The van der Waals surface area contributed by atoms with E-state index in [2.05, 4.69) is 28.6 Å². The van der Waals surface area contributed by atoms with Gasteiger partial charge in [0.15, 0.2) is 5.65 Å². The Balaban J connectivity index is 1.51. The SMILES string of the molecule is Cc1ccc(-c2ccc(Cn3c(C4CC4)nc4c(C)ccnc43)cc2)c(C(=O)O)c1. The van der Waals surface area contributed by atoms with Crippen LogP contribution in [0.2, 0.25) is 0 Å². The minimum atomic E-state index is -0.904. The minimum Gasteiger partial charge on any atom is -0.478 e. The molecule has 0 spiro atoms. The molecular formula is C25H23N3O2. The van der Waals surface area contributed by atoms with Gasteiger partial charge in [0.25, 0.3) is 0 Å². The van der Waals surface area contributed by atoms with Crippen molar-refractivity contribution in [2.45, 2.75) is 39.2 Å². The molecule has 5 nitrogen and oxygen atoms in total. The maximum atomic E-state index is 11.7. The highest BCUT2D eigenvalue weighted by Gasteiger charge is 2.30. The normalized spacial score (nSPS) is 13.7. The second-order valence-electron chi connectivity index (χ2n) is 8.18. The molecule has 1 aliphatic carbocycles. The number of fused-ring (bicyclic) bond motifs is 1. The van der Waals surface area contributed by atoms with E-state index >= 15 is 0 Å². The third-order valence-electron chi connectivity index (χ3n) is 5.82. The van der Waals surface area contributed by atoms with Crippen molar-refractivity contribution >= 4 is 17.1 Å². The number of rotatable bonds is 5. The second-order valence-corrected chi connectivity index (χ2v) is 8.18. The zero-order valence-electron chi connectivity index (χ0n) is 17.1. The lowest BCUT2D eigenvalue weighted by molar-refractivity contribution is 0.0697. The molecule has 0 amide bonds. The Hall–Kier alpha value is -3.47. The van der Waals surface area contributed by atoms with Crippen LogP contribution in [-0.4, -0.2) is 25.6 Å². The lowest BCUT2D eigenvalue weighted by Gasteiger charge is -2.11. The largest absolute Gasteiger partial charge is 0.478 e. The maximum absolute atomic E-state index is 11.7. The van der Waals surface area contributed by atoms with Crippen LogP contribution in [0.1, 0.15) is 51.6 Å². The van der Waals surface area contributed by atoms with Crippen LogP contribution in [0.5, 0.6) is 0 Å². The van der Waals surface area contributed by atoms with Crippen LogP contribution < -0.4 is 0 Å². The first-order chi connectivity index (χ1) is 14.5. The number of benzene rings is 2. The Kier molecular flexibility index (Phi) is 4.39. The molecule has 150 valence electrons. The fourth-order valence-electron chi connectivity index (χ4n) is 4.02. The van der Waals surface area contributed by atoms with E-state index in [9.17, 15) is 9.90 Å². The zero-order chi connectivity index (χ0) is 20.8. The standard InChI is InChI=1S/C25H23N3O2/c1-15-3-10-20(21(13-15)25(29)30)18-6-4-17(5-7-18)14-28-23(19-8-9-19)27-22-16(2)11-12-26-24(22)28/h3-7,10-13,19H,8-9,14H2,1-2H3,(H,29,30). The van der Waals surface area contributed by atoms with Crippen molar-refractivity contribution in [2.75, 3.05) is 0 Å². The van der Waals surface area contributed by atoms with Gasteiger partial charge in [-0.3, -0.25) is 0 Å². The summed E-state index contributed by atoms with van der Waals surface area (Å²) in [6, 6.07) is 15.7. The molecule has 0 atom stereocenters. The van der Waals surface area contributed by atoms with Crippen LogP contribution in [0.15, 0.2) is 54.7 Å². The van der Waals surface area contributed by atoms with Gasteiger partial charge in [-0.05, 0) is 61.1 Å². The van der Waals surface area contributed by atoms with E-state index in [0.29, 0.717) is 18.0 Å². The smallest absolute Gasteiger partial charge is 0.336 e. The molecular weight excluding hydrogens is 374 g/mol. The molecule has 0 radical (unpaired) electrons. The predicted molar refractivity (Wildman–Crippen MR) is 117 cm³/mol. The summed E-state index contributed by atoms with van der Waals surface area (Å²) in [7, 11) is 0. The van der Waals surface area contributed by atoms with Crippen LogP contribution in [-0.2, 0) is 6.54 Å². The molecule has 1 saturated carbocycles. The van der Waals surface area contributed by atoms with Gasteiger partial charge in [0.2, 0.25) is 0 Å². The van der Waals surface area contributed by atoms with E-state index in [4.69, 9.17) is 4.98 Å². The van der Waals surface area contributed by atoms with Crippen molar-refractivity contribution in [3.05, 3.63) is 82.8 Å². The maximum Gasteiger partial charge on any atom is 0.336 e. The van der Waals surface area contributed by atoms with Crippen LogP contribution >= 0.6 is 0 Å². The summed E-state index contributed by atoms with van der Waals surface area (Å²) in [6.07, 6.45) is 4.22. The number of aromatic nitrogens is 3. The topological polar surface area (TPSA) is 68.0 Å². The highest BCUT2D eigenvalue weighted by atomic mass is 16.4. The van der Waals surface area contributed by atoms with Crippen LogP contribution in [0.4, 0.5) is 0 Å². The highest BCUT2D eigenvalue weighted by Crippen LogP contribution is 2.41. The summed E-state index contributed by atoms with van der Waals surface area (Å²) in [5, 5.41) is 9.57. The van der Waals surface area contributed by atoms with Crippen LogP contribution in [0.3, 0.4) is 0 Å². The van der Waals surface area contributed by atoms with Gasteiger partial charge in [0.05, 0.1) is 12.1 Å². The first kappa shape index (κ1) is 18.6. The van der Waals surface area contributed by atoms with Crippen molar-refractivity contribution in [2.24, 2.45) is 0 Å². The van der Waals surface area contributed by atoms with Gasteiger partial charge >= 0.3 is 5.97 Å². The molecule has 2 heterocycles. The van der Waals surface area contributed by atoms with Crippen LogP contribution in [0.25, 0.3) is 22.3 Å². The van der Waals surface area contributed by atoms with Crippen molar-refractivity contribution in [1.29, 1.82) is 0 Å². The first-order valence-electron chi connectivity index (χ1n) is 10.3. The summed E-state index contributed by atoms with van der Waals surface area (Å²) >= 11 is 0. The van der Waals surface area contributed by atoms with Gasteiger partial charge in [-0.1, -0.05) is 42.0 Å². The fraction of sp³-hybridized carbons (Fsp3) is 0.240. The number of carboxylic acid groups (broad SMARTS) is 1. The summed E-state index contributed by atoms with van der Waals surface area (Å²) in [5.74, 6) is 0.754. The molecule has 1 N–H and O–H groups in total. The quantitative estimate of drug-likeness (QED) is 0.494. The van der Waals surface area contributed by atoms with Gasteiger partial charge in [0, 0.05) is 12.1 Å². The molecule has 1 fully saturated rings. The second kappa shape index (κ2) is 7.10. The molecule has 1 aliphatic rings. The Morgan fingerprint density at radius 2 is 1.87 bits per heavy atom. The molecule has 5 rings (SSSR count). The van der Waals surface area contributed by atoms with E-state index in [1.54, 1.807) is 6.07 Å². The molecule has 2 aromatic carbocycles. The number of pyridine rings is 1. The fourth-order valence-corrected chi connectivity index (χ4v) is 4.02. The van der Waals surface area contributed by atoms with Gasteiger partial charge in [-0.25, -0.2) is 14.8 Å². The molecule has 5 heteroatoms. The number of imidazole rings is 1. The number of aryl methyl sites for hydroxylation is 2. The van der Waals surface area contributed by atoms with Gasteiger partial charge in [0.1, 0.15) is 11.3 Å². The molecule has 2 aromatic heterocycles. The number of nitrogens with zero attached hydrogens (tertiary/aromatic N) is 3. The summed E-state index contributed by atoms with van der Waals surface area (Å²) in [4.78, 5) is 21.2. The number of carbonyl (C=O) groups is 1. The van der Waals surface area contributed by atoms with E-state index in [0.717, 1.165) is 44.8 Å². The lowest BCUT2D eigenvalue weighted by atomic mass is 9.97. The predicted octanol–water partition coefficient (Wildman–Crippen LogP) is 5.34. The van der Waals surface area contributed by atoms with Crippen molar-refractivity contribution in [3.63, 3.8) is 0 Å². The zero-order valence-corrected chi connectivity index (χ0v) is 17.1. The third kappa shape index (κ3) is 3.26. The van der Waals surface area contributed by atoms with Crippen molar-refractivity contribution in [3.8, 4) is 11.1 Å². The number of hydrogen-bond donors (Lipinski definition) is 1. The van der Waals surface area contributed by atoms with Crippen LogP contribution in [0, 0.1) is 13.8 Å². The highest BCUT2D eigenvalue weighted by molar-refractivity contribution is 5.96. The summed E-state index contributed by atoms with van der Waals surface area (Å²) < 4.78 is 2.24.